The van der Waals surface area contributed by atoms with Crippen LogP contribution in [0, 0.1) is 0 Å². The lowest BCUT2D eigenvalue weighted by Crippen LogP contribution is -2.42. The van der Waals surface area contributed by atoms with E-state index < -0.39 is 0 Å². The maximum atomic E-state index is 12.0. The van der Waals surface area contributed by atoms with E-state index in [-0.39, 0.29) is 5.91 Å². The molecule has 0 unspecified atom stereocenters. The van der Waals surface area contributed by atoms with Crippen LogP contribution in [-0.2, 0) is 4.79 Å². The van der Waals surface area contributed by atoms with Crippen LogP contribution in [0.5, 0.6) is 0 Å². The molecule has 2 rings (SSSR count). The molecule has 16 heavy (non-hydrogen) atoms. The molecule has 0 spiro atoms. The van der Waals surface area contributed by atoms with Gasteiger partial charge in [-0.3, -0.25) is 4.79 Å². The van der Waals surface area contributed by atoms with Gasteiger partial charge in [-0.15, -0.1) is 0 Å². The molecule has 0 atom stereocenters. The third kappa shape index (κ3) is 3.48. The third-order valence-corrected chi connectivity index (χ3v) is 3.89. The van der Waals surface area contributed by atoms with Gasteiger partial charge in [0.2, 0.25) is 5.91 Å². The summed E-state index contributed by atoms with van der Waals surface area (Å²) in [7, 11) is 1.98. The van der Waals surface area contributed by atoms with E-state index in [9.17, 15) is 4.79 Å². The van der Waals surface area contributed by atoms with Crippen molar-refractivity contribution in [1.82, 2.24) is 10.2 Å². The fraction of sp³-hybridized carbons (Fsp3) is 0.923. The van der Waals surface area contributed by atoms with Gasteiger partial charge in [-0.05, 0) is 25.7 Å². The number of carbonyl (C=O) groups is 1. The van der Waals surface area contributed by atoms with Gasteiger partial charge in [0.1, 0.15) is 0 Å². The Morgan fingerprint density at radius 1 is 1.12 bits per heavy atom. The van der Waals surface area contributed by atoms with E-state index in [2.05, 4.69) is 5.32 Å². The van der Waals surface area contributed by atoms with Crippen LogP contribution in [0.3, 0.4) is 0 Å². The molecule has 2 aliphatic rings. The molecule has 3 nitrogen and oxygen atoms in total. The Kier molecular flexibility index (Phi) is 4.22. The molecule has 0 bridgehead atoms. The van der Waals surface area contributed by atoms with Crippen LogP contribution in [0.25, 0.3) is 0 Å². The van der Waals surface area contributed by atoms with Gasteiger partial charge in [0.25, 0.3) is 0 Å². The predicted octanol–water partition coefficient (Wildman–Crippen LogP) is 1.92. The summed E-state index contributed by atoms with van der Waals surface area (Å²) in [6, 6.07) is 1.13. The van der Waals surface area contributed by atoms with Gasteiger partial charge >= 0.3 is 0 Å². The molecule has 92 valence electrons. The first-order valence-electron chi connectivity index (χ1n) is 6.76. The van der Waals surface area contributed by atoms with E-state index in [0.29, 0.717) is 18.6 Å². The maximum absolute atomic E-state index is 12.0. The van der Waals surface area contributed by atoms with Gasteiger partial charge in [-0.25, -0.2) is 0 Å². The number of hydrogen-bond donors (Lipinski definition) is 1. The number of carbonyl (C=O) groups excluding carboxylic acids is 1. The molecule has 1 amide bonds. The standard InChI is InChI=1S/C13H24N2O/c1-15(12-6-4-2-3-5-7-12)13(16)10-14-11-8-9-11/h11-12,14H,2-10H2,1H3. The molecule has 2 fully saturated rings. The van der Waals surface area contributed by atoms with Crippen LogP contribution in [-0.4, -0.2) is 36.5 Å². The van der Waals surface area contributed by atoms with Gasteiger partial charge in [-0.1, -0.05) is 25.7 Å². The van der Waals surface area contributed by atoms with Crippen molar-refractivity contribution in [2.75, 3.05) is 13.6 Å². The highest BCUT2D eigenvalue weighted by atomic mass is 16.2. The lowest BCUT2D eigenvalue weighted by molar-refractivity contribution is -0.131. The molecule has 3 heteroatoms. The topological polar surface area (TPSA) is 32.3 Å². The molecule has 2 saturated carbocycles. The Balaban J connectivity index is 1.74. The zero-order chi connectivity index (χ0) is 11.4. The predicted molar refractivity (Wildman–Crippen MR) is 65.3 cm³/mol. The summed E-state index contributed by atoms with van der Waals surface area (Å²) in [5.41, 5.74) is 0. The fourth-order valence-electron chi connectivity index (χ4n) is 2.49. The van der Waals surface area contributed by atoms with Crippen molar-refractivity contribution in [2.24, 2.45) is 0 Å². The van der Waals surface area contributed by atoms with Gasteiger partial charge in [0.15, 0.2) is 0 Å². The summed E-state index contributed by atoms with van der Waals surface area (Å²) in [6.07, 6.45) is 10.2. The number of amides is 1. The van der Waals surface area contributed by atoms with Crippen LogP contribution in [0.15, 0.2) is 0 Å². The highest BCUT2D eigenvalue weighted by Crippen LogP contribution is 2.21. The smallest absolute Gasteiger partial charge is 0.236 e. The Morgan fingerprint density at radius 3 is 2.31 bits per heavy atom. The largest absolute Gasteiger partial charge is 0.342 e. The number of nitrogens with zero attached hydrogens (tertiary/aromatic N) is 1. The number of nitrogens with one attached hydrogen (secondary N) is 1. The van der Waals surface area contributed by atoms with E-state index in [0.717, 1.165) is 0 Å². The molecule has 0 aliphatic heterocycles. The Morgan fingerprint density at radius 2 is 1.75 bits per heavy atom. The lowest BCUT2D eigenvalue weighted by atomic mass is 10.1. The fourth-order valence-corrected chi connectivity index (χ4v) is 2.49. The van der Waals surface area contributed by atoms with Crippen LogP contribution in [0.1, 0.15) is 51.4 Å². The molecule has 0 saturated heterocycles. The molecule has 2 aliphatic carbocycles. The first kappa shape index (κ1) is 11.9. The molecule has 0 radical (unpaired) electrons. The van der Waals surface area contributed by atoms with Crippen LogP contribution in [0.2, 0.25) is 0 Å². The molecular formula is C13H24N2O. The van der Waals surface area contributed by atoms with Crippen molar-refractivity contribution in [3.63, 3.8) is 0 Å². The normalized spacial score (nSPS) is 22.8. The van der Waals surface area contributed by atoms with Gasteiger partial charge < -0.3 is 10.2 Å². The number of hydrogen-bond acceptors (Lipinski definition) is 2. The SMILES string of the molecule is CN(C(=O)CNC1CC1)C1CCCCCC1. The average Bonchev–Trinajstić information content (AvgIpc) is 3.11. The minimum atomic E-state index is 0.277. The summed E-state index contributed by atoms with van der Waals surface area (Å²) in [5.74, 6) is 0.277. The Bertz CT molecular complexity index is 230. The molecule has 0 heterocycles. The average molecular weight is 224 g/mol. The monoisotopic (exact) mass is 224 g/mol. The highest BCUT2D eigenvalue weighted by molar-refractivity contribution is 5.78. The zero-order valence-corrected chi connectivity index (χ0v) is 10.4. The number of likely N-dealkylation sites (N-methyl/N-ethyl adjacent to an activating group) is 1. The minimum Gasteiger partial charge on any atom is -0.342 e. The van der Waals surface area contributed by atoms with E-state index in [1.807, 2.05) is 11.9 Å². The first-order valence-corrected chi connectivity index (χ1v) is 6.76. The second-order valence-corrected chi connectivity index (χ2v) is 5.31. The Labute approximate surface area is 98.6 Å². The van der Waals surface area contributed by atoms with E-state index in [1.54, 1.807) is 0 Å². The second kappa shape index (κ2) is 5.67. The summed E-state index contributed by atoms with van der Waals surface area (Å²) in [5, 5.41) is 3.30. The van der Waals surface area contributed by atoms with Gasteiger partial charge in [0, 0.05) is 19.1 Å². The van der Waals surface area contributed by atoms with Crippen LogP contribution >= 0.6 is 0 Å². The summed E-state index contributed by atoms with van der Waals surface area (Å²) < 4.78 is 0. The molecule has 1 N–H and O–H groups in total. The van der Waals surface area contributed by atoms with Crippen molar-refractivity contribution in [3.8, 4) is 0 Å². The van der Waals surface area contributed by atoms with Crippen molar-refractivity contribution < 1.29 is 4.79 Å². The lowest BCUT2D eigenvalue weighted by Gasteiger charge is -2.27. The van der Waals surface area contributed by atoms with Crippen molar-refractivity contribution in [2.45, 2.75) is 63.5 Å². The van der Waals surface area contributed by atoms with Crippen molar-refractivity contribution in [3.05, 3.63) is 0 Å². The van der Waals surface area contributed by atoms with Gasteiger partial charge in [-0.2, -0.15) is 0 Å². The van der Waals surface area contributed by atoms with Crippen molar-refractivity contribution in [1.29, 1.82) is 0 Å². The Hall–Kier alpha value is -0.570. The number of rotatable bonds is 4. The molecule has 0 aromatic heterocycles. The first-order chi connectivity index (χ1) is 7.77. The van der Waals surface area contributed by atoms with Crippen LogP contribution < -0.4 is 5.32 Å². The molecular weight excluding hydrogens is 200 g/mol. The minimum absolute atomic E-state index is 0.277. The van der Waals surface area contributed by atoms with E-state index >= 15 is 0 Å². The summed E-state index contributed by atoms with van der Waals surface area (Å²) in [4.78, 5) is 13.9. The van der Waals surface area contributed by atoms with Crippen LogP contribution in [0.4, 0.5) is 0 Å². The quantitative estimate of drug-likeness (QED) is 0.740. The van der Waals surface area contributed by atoms with Gasteiger partial charge in [0.05, 0.1) is 6.54 Å². The molecule has 0 aromatic carbocycles. The zero-order valence-electron chi connectivity index (χ0n) is 10.4. The summed E-state index contributed by atoms with van der Waals surface area (Å²) >= 11 is 0. The second-order valence-electron chi connectivity index (χ2n) is 5.31. The maximum Gasteiger partial charge on any atom is 0.236 e. The summed E-state index contributed by atoms with van der Waals surface area (Å²) in [6.45, 7) is 0.539. The molecule has 0 aromatic rings. The van der Waals surface area contributed by atoms with Crippen molar-refractivity contribution >= 4 is 5.91 Å². The van der Waals surface area contributed by atoms with E-state index in [1.165, 1.54) is 51.4 Å². The highest BCUT2D eigenvalue weighted by Gasteiger charge is 2.24. The third-order valence-electron chi connectivity index (χ3n) is 3.89. The van der Waals surface area contributed by atoms with E-state index in [4.69, 9.17) is 0 Å².